The Labute approximate surface area is 366 Å². The quantitative estimate of drug-likeness (QED) is 0.0983. The lowest BCUT2D eigenvalue weighted by Crippen LogP contribution is -2.10. The molecule has 0 N–H and O–H groups in total. The Bertz CT molecular complexity index is 2280. The summed E-state index contributed by atoms with van der Waals surface area (Å²) < 4.78 is 0. The zero-order valence-electron chi connectivity index (χ0n) is 38.2. The van der Waals surface area contributed by atoms with E-state index in [4.69, 9.17) is 4.99 Å². The van der Waals surface area contributed by atoms with E-state index in [1.54, 1.807) is 0 Å². The van der Waals surface area contributed by atoms with Gasteiger partial charge in [-0.3, -0.25) is 4.99 Å². The average molecular weight is 809 g/mol. The summed E-state index contributed by atoms with van der Waals surface area (Å²) in [6.45, 7) is 2.83. The van der Waals surface area contributed by atoms with Crippen LogP contribution in [-0.4, -0.2) is 82.7 Å². The molecule has 6 heteroatoms. The van der Waals surface area contributed by atoms with Gasteiger partial charge in [0.2, 0.25) is 0 Å². The second-order valence-electron chi connectivity index (χ2n) is 16.8. The minimum absolute atomic E-state index is 0.0755. The van der Waals surface area contributed by atoms with E-state index in [1.807, 2.05) is 0 Å². The molecule has 1 aliphatic rings. The van der Waals surface area contributed by atoms with Crippen molar-refractivity contribution in [1.29, 1.82) is 0 Å². The van der Waals surface area contributed by atoms with Crippen molar-refractivity contribution in [2.45, 2.75) is 19.3 Å². The predicted molar refractivity (Wildman–Crippen MR) is 269 cm³/mol. The van der Waals surface area contributed by atoms with Gasteiger partial charge < -0.3 is 24.5 Å². The second kappa shape index (κ2) is 20.2. The van der Waals surface area contributed by atoms with Gasteiger partial charge in [-0.05, 0) is 136 Å². The maximum atomic E-state index is 4.70. The highest BCUT2D eigenvalue weighted by molar-refractivity contribution is 6.07. The first kappa shape index (κ1) is 44.0. The van der Waals surface area contributed by atoms with Crippen LogP contribution in [0.3, 0.4) is 0 Å². The van der Waals surface area contributed by atoms with E-state index in [9.17, 15) is 0 Å². The maximum absolute atomic E-state index is 4.70. The van der Waals surface area contributed by atoms with Gasteiger partial charge in [-0.25, -0.2) is 0 Å². The molecule has 0 heterocycles. The van der Waals surface area contributed by atoms with Crippen molar-refractivity contribution in [1.82, 2.24) is 0 Å². The number of hydrogen-bond acceptors (Lipinski definition) is 6. The first-order valence-corrected chi connectivity index (χ1v) is 21.3. The number of aliphatic imine (C=N–C) groups is 1. The van der Waals surface area contributed by atoms with Crippen LogP contribution in [0.2, 0.25) is 0 Å². The molecule has 5 aromatic carbocycles. The molecule has 0 saturated carbocycles. The average Bonchev–Trinajstić information content (AvgIpc) is 3.27. The maximum Gasteiger partial charge on any atom is 0.0574 e. The van der Waals surface area contributed by atoms with Crippen molar-refractivity contribution in [3.8, 4) is 0 Å². The van der Waals surface area contributed by atoms with Gasteiger partial charge in [-0.2, -0.15) is 0 Å². The van der Waals surface area contributed by atoms with Crippen molar-refractivity contribution >= 4 is 45.3 Å². The first-order valence-electron chi connectivity index (χ1n) is 21.3. The molecule has 0 unspecified atom stereocenters. The molecule has 0 amide bonds. The third-order valence-corrected chi connectivity index (χ3v) is 11.3. The molecule has 0 radical (unpaired) electrons. The van der Waals surface area contributed by atoms with Crippen LogP contribution in [0.4, 0.5) is 28.4 Å². The number of anilines is 5. The molecule has 6 nitrogen and oxygen atoms in total. The smallest absolute Gasteiger partial charge is 0.0574 e. The molecule has 1 aliphatic carbocycles. The van der Waals surface area contributed by atoms with Crippen molar-refractivity contribution in [3.05, 3.63) is 197 Å². The fourth-order valence-electron chi connectivity index (χ4n) is 7.62. The number of allylic oxidation sites excluding steroid dienone is 9. The lowest BCUT2D eigenvalue weighted by atomic mass is 9.83. The molecule has 0 atom stereocenters. The minimum atomic E-state index is 0.0755. The van der Waals surface area contributed by atoms with Gasteiger partial charge in [0.05, 0.1) is 5.71 Å². The topological polar surface area (TPSA) is 28.6 Å². The summed E-state index contributed by atoms with van der Waals surface area (Å²) in [5.74, 6) is 0.0755. The van der Waals surface area contributed by atoms with Crippen molar-refractivity contribution in [2.24, 2.45) is 4.99 Å². The Morgan fingerprint density at radius 3 is 1.13 bits per heavy atom. The second-order valence-corrected chi connectivity index (χ2v) is 16.8. The van der Waals surface area contributed by atoms with Crippen molar-refractivity contribution in [2.75, 3.05) is 102 Å². The first-order chi connectivity index (χ1) is 29.3. The third-order valence-electron chi connectivity index (χ3n) is 11.3. The van der Waals surface area contributed by atoms with Crippen LogP contribution in [0.1, 0.15) is 47.1 Å². The molecule has 0 bridgehead atoms. The van der Waals surface area contributed by atoms with Gasteiger partial charge in [0.15, 0.2) is 0 Å². The van der Waals surface area contributed by atoms with Gasteiger partial charge in [-0.1, -0.05) is 85.0 Å². The number of rotatable bonds is 15. The van der Waals surface area contributed by atoms with Crippen LogP contribution in [-0.2, 0) is 0 Å². The van der Waals surface area contributed by atoms with Gasteiger partial charge >= 0.3 is 0 Å². The normalized spacial score (nSPS) is 12.4. The summed E-state index contributed by atoms with van der Waals surface area (Å²) in [4.78, 5) is 15.5. The fraction of sp³-hybridized carbons (Fsp3) is 0.255. The van der Waals surface area contributed by atoms with E-state index in [0.29, 0.717) is 0 Å². The van der Waals surface area contributed by atoms with Crippen LogP contribution >= 0.6 is 0 Å². The Morgan fingerprint density at radius 1 is 0.443 bits per heavy atom. The molecule has 0 aliphatic heterocycles. The zero-order chi connectivity index (χ0) is 43.6. The highest BCUT2D eigenvalue weighted by Gasteiger charge is 2.20. The summed E-state index contributed by atoms with van der Waals surface area (Å²) >= 11 is 0. The Balaban J connectivity index is 1.64. The van der Waals surface area contributed by atoms with Crippen molar-refractivity contribution < 1.29 is 0 Å². The molecule has 5 aromatic rings. The Morgan fingerprint density at radius 2 is 0.787 bits per heavy atom. The lowest BCUT2D eigenvalue weighted by molar-refractivity contribution is 0.808. The summed E-state index contributed by atoms with van der Waals surface area (Å²) in [6.07, 6.45) is 14.4. The van der Waals surface area contributed by atoms with E-state index in [-0.39, 0.29) is 5.92 Å². The minimum Gasteiger partial charge on any atom is -0.378 e. The van der Waals surface area contributed by atoms with Crippen LogP contribution in [0.25, 0.3) is 11.1 Å². The monoisotopic (exact) mass is 809 g/mol. The van der Waals surface area contributed by atoms with Crippen LogP contribution < -0.4 is 24.5 Å². The van der Waals surface area contributed by atoms with Crippen LogP contribution in [0.5, 0.6) is 0 Å². The van der Waals surface area contributed by atoms with Crippen LogP contribution in [0.15, 0.2) is 174 Å². The summed E-state index contributed by atoms with van der Waals surface area (Å²) in [5.41, 5.74) is 17.6. The largest absolute Gasteiger partial charge is 0.378 e. The van der Waals surface area contributed by atoms with Gasteiger partial charge in [0.1, 0.15) is 0 Å². The standard InChI is InChI=1S/C55H64N6/c1-12-56-47-25-13-41(14-26-47)53(42-15-27-48(28-16-42)57(2)3)37-40(38-54(43-17-29-49(30-18-43)58(4)5)44-19-31-50(32-20-44)59(6)7)39-55(45-21-33-51(34-22-45)60(8)9)46-23-35-52(36-24-46)61(10)11/h13-38,55H,12,39H2,1-11H3/b40-37-,53-41?,56-47?. The SMILES string of the molecule is CCN=C1C=CC(=C(/C=C(/C=C(c2ccc(N(C)C)cc2)c2ccc(N(C)C)cc2)CC(c2ccc(N(C)C)cc2)c2ccc(N(C)C)cc2)c2ccc(N(C)C)cc2)C=C1. The summed E-state index contributed by atoms with van der Waals surface area (Å²) in [5, 5.41) is 0. The number of benzene rings is 5. The zero-order valence-corrected chi connectivity index (χ0v) is 38.2. The van der Waals surface area contributed by atoms with E-state index >= 15 is 0 Å². The molecule has 314 valence electrons. The molecule has 0 saturated heterocycles. The van der Waals surface area contributed by atoms with Crippen molar-refractivity contribution in [3.63, 3.8) is 0 Å². The third kappa shape index (κ3) is 11.2. The van der Waals surface area contributed by atoms with E-state index in [1.165, 1.54) is 56.1 Å². The van der Waals surface area contributed by atoms with Gasteiger partial charge in [0.25, 0.3) is 0 Å². The van der Waals surface area contributed by atoms with Gasteiger partial charge in [-0.15, -0.1) is 0 Å². The number of nitrogens with zero attached hydrogens (tertiary/aromatic N) is 6. The highest BCUT2D eigenvalue weighted by atomic mass is 15.1. The Hall–Kier alpha value is -6.53. The molecule has 61 heavy (non-hydrogen) atoms. The van der Waals surface area contributed by atoms with Gasteiger partial charge in [0, 0.05) is 111 Å². The summed E-state index contributed by atoms with van der Waals surface area (Å²) in [6, 6.07) is 45.1. The molecule has 6 rings (SSSR count). The molecule has 0 fully saturated rings. The van der Waals surface area contributed by atoms with E-state index in [0.717, 1.165) is 41.1 Å². The fourth-order valence-corrected chi connectivity index (χ4v) is 7.62. The molecular weight excluding hydrogens is 745 g/mol. The lowest BCUT2D eigenvalue weighted by Gasteiger charge is -2.23. The predicted octanol–water partition coefficient (Wildman–Crippen LogP) is 11.6. The number of hydrogen-bond donors (Lipinski definition) is 0. The highest BCUT2D eigenvalue weighted by Crippen LogP contribution is 2.38. The van der Waals surface area contributed by atoms with Crippen LogP contribution in [0, 0.1) is 0 Å². The molecular formula is C55H64N6. The Kier molecular flexibility index (Phi) is 14.5. The summed E-state index contributed by atoms with van der Waals surface area (Å²) in [7, 11) is 20.9. The molecule has 0 aromatic heterocycles. The van der Waals surface area contributed by atoms with E-state index < -0.39 is 0 Å². The molecule has 0 spiro atoms. The van der Waals surface area contributed by atoms with E-state index in [2.05, 4.69) is 260 Å².